The summed E-state index contributed by atoms with van der Waals surface area (Å²) in [7, 11) is 0. The van der Waals surface area contributed by atoms with Crippen molar-refractivity contribution in [3.05, 3.63) is 139 Å². The van der Waals surface area contributed by atoms with Crippen LogP contribution in [0.5, 0.6) is 0 Å². The molecule has 2 saturated carbocycles. The molecular weight excluding hydrogens is 633 g/mol. The van der Waals surface area contributed by atoms with Crippen molar-refractivity contribution in [2.24, 2.45) is 17.8 Å². The zero-order valence-corrected chi connectivity index (χ0v) is 29.9. The number of nitrogens with zero attached hydrogens (tertiary/aromatic N) is 4. The number of hydrogen-bond acceptors (Lipinski definition) is 4. The second-order valence-electron chi connectivity index (χ2n) is 15.4. The van der Waals surface area contributed by atoms with Crippen LogP contribution >= 0.6 is 0 Å². The Labute approximate surface area is 306 Å². The predicted molar refractivity (Wildman–Crippen MR) is 212 cm³/mol. The summed E-state index contributed by atoms with van der Waals surface area (Å²) >= 11 is 0. The quantitative estimate of drug-likeness (QED) is 0.165. The molecule has 1 aromatic heterocycles. The van der Waals surface area contributed by atoms with Crippen molar-refractivity contribution in [3.8, 4) is 51.4 Å². The monoisotopic (exact) mass is 674 g/mol. The van der Waals surface area contributed by atoms with Gasteiger partial charge in [0.05, 0.1) is 11.6 Å². The molecule has 4 atom stereocenters. The molecule has 1 unspecified atom stereocenters. The Morgan fingerprint density at radius 3 is 1.83 bits per heavy atom. The minimum absolute atomic E-state index is 0.271. The van der Waals surface area contributed by atoms with Gasteiger partial charge in [0.25, 0.3) is 0 Å². The van der Waals surface area contributed by atoms with Crippen molar-refractivity contribution < 1.29 is 0 Å². The van der Waals surface area contributed by atoms with Gasteiger partial charge in [0.15, 0.2) is 17.5 Å². The van der Waals surface area contributed by atoms with Gasteiger partial charge >= 0.3 is 0 Å². The summed E-state index contributed by atoms with van der Waals surface area (Å²) < 4.78 is 0. The van der Waals surface area contributed by atoms with Gasteiger partial charge < -0.3 is 0 Å². The second-order valence-corrected chi connectivity index (χ2v) is 15.4. The first-order chi connectivity index (χ1) is 25.5. The van der Waals surface area contributed by atoms with Crippen LogP contribution in [-0.2, 0) is 5.41 Å². The molecule has 52 heavy (non-hydrogen) atoms. The van der Waals surface area contributed by atoms with Crippen LogP contribution in [0.25, 0.3) is 66.8 Å². The first kappa shape index (κ1) is 32.3. The maximum atomic E-state index is 10.1. The molecule has 6 aromatic carbocycles. The Bertz CT molecular complexity index is 2400. The van der Waals surface area contributed by atoms with E-state index in [0.717, 1.165) is 67.1 Å². The van der Waals surface area contributed by atoms with Gasteiger partial charge in [-0.15, -0.1) is 0 Å². The van der Waals surface area contributed by atoms with Crippen molar-refractivity contribution in [1.82, 2.24) is 15.0 Å². The summed E-state index contributed by atoms with van der Waals surface area (Å²) in [6.45, 7) is 4.84. The molecule has 2 fully saturated rings. The van der Waals surface area contributed by atoms with Crippen molar-refractivity contribution in [1.29, 1.82) is 5.26 Å². The number of hydrogen-bond donors (Lipinski definition) is 0. The van der Waals surface area contributed by atoms with Crippen LogP contribution in [0.2, 0.25) is 0 Å². The minimum Gasteiger partial charge on any atom is -0.208 e. The van der Waals surface area contributed by atoms with Gasteiger partial charge in [-0.25, -0.2) is 15.0 Å². The van der Waals surface area contributed by atoms with E-state index in [2.05, 4.69) is 74.5 Å². The lowest BCUT2D eigenvalue weighted by Gasteiger charge is -2.51. The Morgan fingerprint density at radius 1 is 0.596 bits per heavy atom. The molecule has 254 valence electrons. The van der Waals surface area contributed by atoms with Crippen molar-refractivity contribution in [2.75, 3.05) is 0 Å². The highest BCUT2D eigenvalue weighted by Crippen LogP contribution is 2.55. The molecule has 2 aliphatic carbocycles. The number of benzene rings is 6. The fourth-order valence-electron chi connectivity index (χ4n) is 9.87. The van der Waals surface area contributed by atoms with Gasteiger partial charge in [-0.1, -0.05) is 136 Å². The zero-order valence-electron chi connectivity index (χ0n) is 29.9. The van der Waals surface area contributed by atoms with Gasteiger partial charge in [-0.3, -0.25) is 0 Å². The second kappa shape index (κ2) is 13.1. The highest BCUT2D eigenvalue weighted by Gasteiger charge is 2.45. The van der Waals surface area contributed by atoms with Crippen LogP contribution in [0.4, 0.5) is 0 Å². The van der Waals surface area contributed by atoms with E-state index in [1.165, 1.54) is 44.1 Å². The lowest BCUT2D eigenvalue weighted by Crippen LogP contribution is -2.42. The Kier molecular flexibility index (Phi) is 8.16. The third-order valence-electron chi connectivity index (χ3n) is 11.9. The normalized spacial score (nSPS) is 21.2. The fraction of sp³-hybridized carbons (Fsp3) is 0.250. The van der Waals surface area contributed by atoms with Crippen LogP contribution in [-0.4, -0.2) is 15.0 Å². The van der Waals surface area contributed by atoms with E-state index in [-0.39, 0.29) is 5.41 Å². The van der Waals surface area contributed by atoms with Crippen LogP contribution in [0.3, 0.4) is 0 Å². The summed E-state index contributed by atoms with van der Waals surface area (Å²) in [5, 5.41) is 14.4. The molecule has 2 bridgehead atoms. The van der Waals surface area contributed by atoms with Crippen molar-refractivity contribution in [2.45, 2.75) is 57.8 Å². The van der Waals surface area contributed by atoms with E-state index in [1.807, 2.05) is 72.8 Å². The zero-order chi connectivity index (χ0) is 35.2. The maximum Gasteiger partial charge on any atom is 0.165 e. The standard InChI is InChI=1S/C48H42N4/c1-3-32-25-34-24-31(2)27-48(28-32,29-34)38-21-19-35(20-22-38)43-39-16-10-11-17-40(39)44(41-23-18-33(30-49)26-42(41)43)47-51-45(36-12-6-4-7-13-36)50-46(52-47)37-14-8-5-9-15-37/h4-23,26,31-32,34H,3,24-25,27-29H2,1-2H3/t31-,32+,34-,48?/m1/s1. The Morgan fingerprint density at radius 2 is 1.19 bits per heavy atom. The van der Waals surface area contributed by atoms with Gasteiger partial charge in [-0.05, 0) is 106 Å². The van der Waals surface area contributed by atoms with E-state index in [1.54, 1.807) is 0 Å². The Balaban J connectivity index is 1.26. The molecule has 0 radical (unpaired) electrons. The number of fused-ring (bicyclic) bond motifs is 4. The lowest BCUT2D eigenvalue weighted by atomic mass is 9.54. The van der Waals surface area contributed by atoms with Gasteiger partial charge in [-0.2, -0.15) is 5.26 Å². The van der Waals surface area contributed by atoms with Gasteiger partial charge in [0.2, 0.25) is 0 Å². The third kappa shape index (κ3) is 5.66. The molecular formula is C48H42N4. The van der Waals surface area contributed by atoms with Gasteiger partial charge in [0.1, 0.15) is 0 Å². The smallest absolute Gasteiger partial charge is 0.165 e. The lowest BCUT2D eigenvalue weighted by molar-refractivity contribution is 0.0702. The summed E-state index contributed by atoms with van der Waals surface area (Å²) in [6, 6.07) is 46.8. The molecule has 1 heterocycles. The SMILES string of the molecule is CC[C@H]1C[C@H]2C[C@@H](C)CC(c3ccc(-c4c5ccccc5c(-c5nc(-c6ccccc6)nc(-c6ccccc6)n5)c5ccc(C#N)cc45)cc3)(C2)C1. The molecule has 0 spiro atoms. The molecule has 4 heteroatoms. The van der Waals surface area contributed by atoms with Crippen LogP contribution < -0.4 is 0 Å². The predicted octanol–water partition coefficient (Wildman–Crippen LogP) is 12.2. The van der Waals surface area contributed by atoms with Crippen molar-refractivity contribution >= 4 is 21.5 Å². The molecule has 0 aliphatic heterocycles. The first-order valence-corrected chi connectivity index (χ1v) is 18.9. The summed E-state index contributed by atoms with van der Waals surface area (Å²) in [5.74, 6) is 4.29. The molecule has 0 N–H and O–H groups in total. The van der Waals surface area contributed by atoms with Crippen LogP contribution in [0.15, 0.2) is 127 Å². The van der Waals surface area contributed by atoms with Crippen LogP contribution in [0, 0.1) is 29.1 Å². The molecule has 0 amide bonds. The highest BCUT2D eigenvalue weighted by atomic mass is 15.0. The van der Waals surface area contributed by atoms with Crippen molar-refractivity contribution in [3.63, 3.8) is 0 Å². The van der Waals surface area contributed by atoms with E-state index < -0.39 is 0 Å². The van der Waals surface area contributed by atoms with Gasteiger partial charge in [0, 0.05) is 16.7 Å². The average molecular weight is 675 g/mol. The number of rotatable bonds is 6. The topological polar surface area (TPSA) is 62.5 Å². The minimum atomic E-state index is 0.271. The largest absolute Gasteiger partial charge is 0.208 e. The fourth-order valence-corrected chi connectivity index (χ4v) is 9.87. The van der Waals surface area contributed by atoms with E-state index in [4.69, 9.17) is 15.0 Å². The van der Waals surface area contributed by atoms with E-state index >= 15 is 0 Å². The molecule has 4 nitrogen and oxygen atoms in total. The van der Waals surface area contributed by atoms with Crippen LogP contribution in [0.1, 0.15) is 63.5 Å². The molecule has 7 aromatic rings. The maximum absolute atomic E-state index is 10.1. The summed E-state index contributed by atoms with van der Waals surface area (Å²) in [4.78, 5) is 15.3. The third-order valence-corrected chi connectivity index (χ3v) is 11.9. The average Bonchev–Trinajstić information content (AvgIpc) is 3.19. The number of aromatic nitrogens is 3. The number of nitriles is 1. The highest BCUT2D eigenvalue weighted by molar-refractivity contribution is 6.21. The van der Waals surface area contributed by atoms with E-state index in [0.29, 0.717) is 23.0 Å². The summed E-state index contributed by atoms with van der Waals surface area (Å²) in [5.41, 5.74) is 7.52. The molecule has 0 saturated heterocycles. The molecule has 9 rings (SSSR count). The Hall–Kier alpha value is -5.66. The van der Waals surface area contributed by atoms with E-state index in [9.17, 15) is 5.26 Å². The summed E-state index contributed by atoms with van der Waals surface area (Å²) in [6.07, 6.45) is 7.96. The molecule has 2 aliphatic rings. The first-order valence-electron chi connectivity index (χ1n) is 18.9.